The molecule has 0 unspecified atom stereocenters. The standard InChI is InChI=1S/C23H16F3NO4/c24-16-6-9-19(21(12-16)31-23(25)26)27-22(28)20-10-8-18(30-20)13-29-17-7-5-14-3-1-2-4-15(14)11-17/h1-12,23H,13H2,(H,27,28). The largest absolute Gasteiger partial charge is 0.486 e. The number of fused-ring (bicyclic) bond motifs is 1. The minimum atomic E-state index is -3.17. The van der Waals surface area contributed by atoms with Gasteiger partial charge in [-0.2, -0.15) is 8.78 Å². The van der Waals surface area contributed by atoms with Gasteiger partial charge >= 0.3 is 6.61 Å². The zero-order valence-electron chi connectivity index (χ0n) is 16.0. The number of anilines is 1. The predicted molar refractivity (Wildman–Crippen MR) is 108 cm³/mol. The Bertz CT molecular complexity index is 1220. The molecule has 31 heavy (non-hydrogen) atoms. The van der Waals surface area contributed by atoms with Gasteiger partial charge in [0.2, 0.25) is 0 Å². The van der Waals surface area contributed by atoms with Gasteiger partial charge in [0.1, 0.15) is 23.9 Å². The van der Waals surface area contributed by atoms with Crippen molar-refractivity contribution in [3.8, 4) is 11.5 Å². The van der Waals surface area contributed by atoms with E-state index in [1.807, 2.05) is 42.5 Å². The molecule has 3 aromatic carbocycles. The van der Waals surface area contributed by atoms with Gasteiger partial charge in [0.25, 0.3) is 5.91 Å². The minimum Gasteiger partial charge on any atom is -0.486 e. The molecule has 158 valence electrons. The molecule has 0 radical (unpaired) electrons. The summed E-state index contributed by atoms with van der Waals surface area (Å²) in [6.07, 6.45) is 0. The van der Waals surface area contributed by atoms with Crippen molar-refractivity contribution in [1.29, 1.82) is 0 Å². The van der Waals surface area contributed by atoms with Crippen molar-refractivity contribution in [3.63, 3.8) is 0 Å². The van der Waals surface area contributed by atoms with Crippen molar-refractivity contribution < 1.29 is 31.9 Å². The zero-order valence-corrected chi connectivity index (χ0v) is 16.0. The monoisotopic (exact) mass is 427 g/mol. The van der Waals surface area contributed by atoms with Gasteiger partial charge in [-0.05, 0) is 47.2 Å². The summed E-state index contributed by atoms with van der Waals surface area (Å²) >= 11 is 0. The van der Waals surface area contributed by atoms with E-state index in [0.717, 1.165) is 29.0 Å². The Kier molecular flexibility index (Phi) is 5.79. The van der Waals surface area contributed by atoms with Crippen molar-refractivity contribution in [2.24, 2.45) is 0 Å². The maximum atomic E-state index is 13.3. The van der Waals surface area contributed by atoms with E-state index in [2.05, 4.69) is 10.1 Å². The molecule has 0 aliphatic heterocycles. The molecule has 1 amide bonds. The van der Waals surface area contributed by atoms with E-state index in [1.54, 1.807) is 6.07 Å². The first-order chi connectivity index (χ1) is 15.0. The fourth-order valence-electron chi connectivity index (χ4n) is 2.97. The smallest absolute Gasteiger partial charge is 0.387 e. The predicted octanol–water partition coefficient (Wildman–Crippen LogP) is 6.00. The third-order valence-electron chi connectivity index (χ3n) is 4.40. The van der Waals surface area contributed by atoms with Crippen LogP contribution in [-0.2, 0) is 6.61 Å². The summed E-state index contributed by atoms with van der Waals surface area (Å²) in [5.41, 5.74) is -0.114. The summed E-state index contributed by atoms with van der Waals surface area (Å²) in [6.45, 7) is -3.08. The second kappa shape index (κ2) is 8.83. The lowest BCUT2D eigenvalue weighted by atomic mass is 10.1. The van der Waals surface area contributed by atoms with Crippen LogP contribution in [0, 0.1) is 5.82 Å². The molecule has 4 aromatic rings. The summed E-state index contributed by atoms with van der Waals surface area (Å²) < 4.78 is 53.8. The van der Waals surface area contributed by atoms with Crippen molar-refractivity contribution in [1.82, 2.24) is 0 Å². The second-order valence-electron chi connectivity index (χ2n) is 6.54. The van der Waals surface area contributed by atoms with E-state index in [4.69, 9.17) is 9.15 Å². The Morgan fingerprint density at radius 2 is 1.77 bits per heavy atom. The summed E-state index contributed by atoms with van der Waals surface area (Å²) in [4.78, 5) is 12.4. The van der Waals surface area contributed by atoms with Gasteiger partial charge in [0.15, 0.2) is 11.5 Å². The van der Waals surface area contributed by atoms with Crippen LogP contribution in [0.5, 0.6) is 11.5 Å². The van der Waals surface area contributed by atoms with E-state index >= 15 is 0 Å². The number of rotatable bonds is 7. The molecule has 0 fully saturated rings. The van der Waals surface area contributed by atoms with E-state index in [0.29, 0.717) is 11.5 Å². The molecular formula is C23H16F3NO4. The second-order valence-corrected chi connectivity index (χ2v) is 6.54. The Balaban J connectivity index is 1.42. The number of carbonyl (C=O) groups excluding carboxylic acids is 1. The molecular weight excluding hydrogens is 411 g/mol. The highest BCUT2D eigenvalue weighted by molar-refractivity contribution is 6.03. The molecule has 1 N–H and O–H groups in total. The van der Waals surface area contributed by atoms with Crippen LogP contribution in [0.15, 0.2) is 77.2 Å². The van der Waals surface area contributed by atoms with Crippen molar-refractivity contribution >= 4 is 22.4 Å². The van der Waals surface area contributed by atoms with Crippen LogP contribution >= 0.6 is 0 Å². The molecule has 0 spiro atoms. The Labute approximate surface area is 175 Å². The van der Waals surface area contributed by atoms with Gasteiger partial charge in [-0.1, -0.05) is 30.3 Å². The van der Waals surface area contributed by atoms with Gasteiger partial charge in [-0.15, -0.1) is 0 Å². The fraction of sp³-hybridized carbons (Fsp3) is 0.0870. The Hall–Kier alpha value is -3.94. The average Bonchev–Trinajstić information content (AvgIpc) is 3.23. The molecule has 0 bridgehead atoms. The normalized spacial score (nSPS) is 11.0. The number of hydrogen-bond acceptors (Lipinski definition) is 4. The van der Waals surface area contributed by atoms with Gasteiger partial charge in [0.05, 0.1) is 5.69 Å². The lowest BCUT2D eigenvalue weighted by Gasteiger charge is -2.11. The van der Waals surface area contributed by atoms with Crippen LogP contribution in [-0.4, -0.2) is 12.5 Å². The number of nitrogens with one attached hydrogen (secondary N) is 1. The SMILES string of the molecule is O=C(Nc1ccc(F)cc1OC(F)F)c1ccc(COc2ccc3ccccc3c2)o1. The number of hydrogen-bond donors (Lipinski definition) is 1. The summed E-state index contributed by atoms with van der Waals surface area (Å²) in [6, 6.07) is 19.4. The summed E-state index contributed by atoms with van der Waals surface area (Å²) in [5.74, 6) is -1.01. The van der Waals surface area contributed by atoms with E-state index < -0.39 is 24.1 Å². The van der Waals surface area contributed by atoms with Crippen LogP contribution in [0.2, 0.25) is 0 Å². The van der Waals surface area contributed by atoms with Crippen LogP contribution in [0.25, 0.3) is 10.8 Å². The molecule has 4 rings (SSSR count). The number of carbonyl (C=O) groups is 1. The van der Waals surface area contributed by atoms with Crippen LogP contribution < -0.4 is 14.8 Å². The zero-order chi connectivity index (χ0) is 21.8. The first-order valence-corrected chi connectivity index (χ1v) is 9.24. The molecule has 0 saturated carbocycles. The van der Waals surface area contributed by atoms with Crippen molar-refractivity contribution in [2.75, 3.05) is 5.32 Å². The van der Waals surface area contributed by atoms with Gasteiger partial charge in [-0.3, -0.25) is 4.79 Å². The van der Waals surface area contributed by atoms with Gasteiger partial charge in [0, 0.05) is 6.07 Å². The summed E-state index contributed by atoms with van der Waals surface area (Å²) in [5, 5.41) is 4.48. The minimum absolute atomic E-state index is 0.0653. The van der Waals surface area contributed by atoms with Crippen LogP contribution in [0.4, 0.5) is 18.9 Å². The van der Waals surface area contributed by atoms with Gasteiger partial charge < -0.3 is 19.2 Å². The quantitative estimate of drug-likeness (QED) is 0.393. The third kappa shape index (κ3) is 4.98. The van der Waals surface area contributed by atoms with Crippen molar-refractivity contribution in [3.05, 3.63) is 90.1 Å². The maximum absolute atomic E-state index is 13.3. The molecule has 0 saturated heterocycles. The highest BCUT2D eigenvalue weighted by atomic mass is 19.3. The van der Waals surface area contributed by atoms with Crippen LogP contribution in [0.3, 0.4) is 0 Å². The Morgan fingerprint density at radius 1 is 0.968 bits per heavy atom. The molecule has 1 aromatic heterocycles. The average molecular weight is 427 g/mol. The molecule has 0 atom stereocenters. The van der Waals surface area contributed by atoms with Gasteiger partial charge in [-0.25, -0.2) is 4.39 Å². The first-order valence-electron chi connectivity index (χ1n) is 9.24. The first kappa shape index (κ1) is 20.3. The molecule has 0 aliphatic rings. The lowest BCUT2D eigenvalue weighted by Crippen LogP contribution is -2.13. The van der Waals surface area contributed by atoms with Crippen molar-refractivity contribution in [2.45, 2.75) is 13.2 Å². The summed E-state index contributed by atoms with van der Waals surface area (Å²) in [7, 11) is 0. The highest BCUT2D eigenvalue weighted by Crippen LogP contribution is 2.28. The highest BCUT2D eigenvalue weighted by Gasteiger charge is 2.17. The van der Waals surface area contributed by atoms with Crippen LogP contribution in [0.1, 0.15) is 16.3 Å². The van der Waals surface area contributed by atoms with E-state index in [-0.39, 0.29) is 18.1 Å². The fourth-order valence-corrected chi connectivity index (χ4v) is 2.97. The number of ether oxygens (including phenoxy) is 2. The van der Waals surface area contributed by atoms with E-state index in [1.165, 1.54) is 6.07 Å². The lowest BCUT2D eigenvalue weighted by molar-refractivity contribution is -0.0495. The molecule has 0 aliphatic carbocycles. The number of amides is 1. The molecule has 1 heterocycles. The third-order valence-corrected chi connectivity index (χ3v) is 4.40. The topological polar surface area (TPSA) is 60.7 Å². The molecule has 5 nitrogen and oxygen atoms in total. The number of furan rings is 1. The number of halogens is 3. The maximum Gasteiger partial charge on any atom is 0.387 e. The Morgan fingerprint density at radius 3 is 2.58 bits per heavy atom. The molecule has 8 heteroatoms. The van der Waals surface area contributed by atoms with E-state index in [9.17, 15) is 18.0 Å². The number of alkyl halides is 2. The number of benzene rings is 3.